The van der Waals surface area contributed by atoms with E-state index in [1.165, 1.54) is 0 Å². The van der Waals surface area contributed by atoms with E-state index in [9.17, 15) is 9.59 Å². The number of amides is 2. The Morgan fingerprint density at radius 1 is 1.33 bits per heavy atom. The number of carbonyl (C=O) groups excluding carboxylic acids is 2. The van der Waals surface area contributed by atoms with Gasteiger partial charge in [-0.1, -0.05) is 20.8 Å². The monoisotopic (exact) mass is 353 g/mol. The third kappa shape index (κ3) is 4.41. The van der Waals surface area contributed by atoms with Crippen LogP contribution in [0.3, 0.4) is 0 Å². The van der Waals surface area contributed by atoms with Crippen LogP contribution in [0.4, 0.5) is 0 Å². The van der Waals surface area contributed by atoms with Gasteiger partial charge in [-0.05, 0) is 12.8 Å². The molecule has 0 aromatic carbocycles. The summed E-state index contributed by atoms with van der Waals surface area (Å²) in [5.74, 6) is 7.39. The third-order valence-corrected chi connectivity index (χ3v) is 5.54. The van der Waals surface area contributed by atoms with E-state index in [0.717, 1.165) is 12.8 Å². The molecule has 2 aliphatic rings. The average molecular weight is 353 g/mol. The standard InChI is InChI=1S/C16H27N5O2S/c1-16(2,3)15(23)19-6-4-12(5-7-19)21(18)9-14(22)20-11-24-10-13(20)8-17/h12-13H,4-7,9-11,18H2,1-3H3. The second kappa shape index (κ2) is 7.72. The summed E-state index contributed by atoms with van der Waals surface area (Å²) in [6.07, 6.45) is 1.53. The fraction of sp³-hybridized carbons (Fsp3) is 0.812. The van der Waals surface area contributed by atoms with Gasteiger partial charge in [-0.2, -0.15) is 5.26 Å². The highest BCUT2D eigenvalue weighted by molar-refractivity contribution is 7.99. The molecule has 0 aromatic rings. The van der Waals surface area contributed by atoms with Crippen LogP contribution in [0.5, 0.6) is 0 Å². The largest absolute Gasteiger partial charge is 0.342 e. The molecule has 2 aliphatic heterocycles. The molecule has 2 amide bonds. The van der Waals surface area contributed by atoms with Crippen molar-refractivity contribution in [3.8, 4) is 6.07 Å². The van der Waals surface area contributed by atoms with Gasteiger partial charge in [0.1, 0.15) is 6.04 Å². The van der Waals surface area contributed by atoms with Gasteiger partial charge in [0.2, 0.25) is 11.8 Å². The number of nitrogens with two attached hydrogens (primary N) is 1. The predicted octanol–water partition coefficient (Wildman–Crippen LogP) is 0.624. The highest BCUT2D eigenvalue weighted by Crippen LogP contribution is 2.23. The smallest absolute Gasteiger partial charge is 0.239 e. The maximum Gasteiger partial charge on any atom is 0.239 e. The topological polar surface area (TPSA) is 93.7 Å². The second-order valence-corrected chi connectivity index (χ2v) is 8.45. The molecule has 2 fully saturated rings. The van der Waals surface area contributed by atoms with E-state index >= 15 is 0 Å². The molecule has 0 spiro atoms. The first-order valence-electron chi connectivity index (χ1n) is 8.31. The van der Waals surface area contributed by atoms with Gasteiger partial charge in [0, 0.05) is 30.3 Å². The van der Waals surface area contributed by atoms with Crippen molar-refractivity contribution in [3.63, 3.8) is 0 Å². The summed E-state index contributed by atoms with van der Waals surface area (Å²) in [4.78, 5) is 28.1. The minimum absolute atomic E-state index is 0.0914. The van der Waals surface area contributed by atoms with Crippen molar-refractivity contribution in [1.29, 1.82) is 5.26 Å². The number of thioether (sulfide) groups is 1. The minimum atomic E-state index is -0.370. The van der Waals surface area contributed by atoms with Gasteiger partial charge in [0.05, 0.1) is 18.5 Å². The fourth-order valence-electron chi connectivity index (χ4n) is 3.05. The van der Waals surface area contributed by atoms with Crippen LogP contribution in [0.25, 0.3) is 0 Å². The number of nitriles is 1. The van der Waals surface area contributed by atoms with Gasteiger partial charge in [-0.25, -0.2) is 5.01 Å². The summed E-state index contributed by atoms with van der Waals surface area (Å²) in [5, 5.41) is 10.7. The first-order valence-corrected chi connectivity index (χ1v) is 9.47. The Labute approximate surface area is 148 Å². The van der Waals surface area contributed by atoms with Crippen molar-refractivity contribution in [2.45, 2.75) is 45.7 Å². The number of piperidine rings is 1. The number of hydrogen-bond donors (Lipinski definition) is 1. The van der Waals surface area contributed by atoms with Crippen LogP contribution in [-0.4, -0.2) is 70.0 Å². The Balaban J connectivity index is 1.83. The third-order valence-electron chi connectivity index (χ3n) is 4.53. The maximum atomic E-state index is 12.3. The van der Waals surface area contributed by atoms with Gasteiger partial charge in [0.25, 0.3) is 0 Å². The number of hydrazine groups is 1. The van der Waals surface area contributed by atoms with E-state index in [1.807, 2.05) is 25.7 Å². The quantitative estimate of drug-likeness (QED) is 0.591. The number of hydrogen-bond acceptors (Lipinski definition) is 6. The van der Waals surface area contributed by atoms with E-state index in [-0.39, 0.29) is 35.9 Å². The van der Waals surface area contributed by atoms with Gasteiger partial charge >= 0.3 is 0 Å². The van der Waals surface area contributed by atoms with Gasteiger partial charge < -0.3 is 9.80 Å². The highest BCUT2D eigenvalue weighted by atomic mass is 32.2. The molecule has 0 aromatic heterocycles. The minimum Gasteiger partial charge on any atom is -0.342 e. The van der Waals surface area contributed by atoms with Crippen LogP contribution >= 0.6 is 11.8 Å². The van der Waals surface area contributed by atoms with Gasteiger partial charge in [0.15, 0.2) is 0 Å². The van der Waals surface area contributed by atoms with E-state index in [1.54, 1.807) is 21.7 Å². The van der Waals surface area contributed by atoms with Crippen LogP contribution in [0.2, 0.25) is 0 Å². The molecule has 0 bridgehead atoms. The number of likely N-dealkylation sites (tertiary alicyclic amines) is 1. The molecule has 8 heteroatoms. The Morgan fingerprint density at radius 3 is 2.50 bits per heavy atom. The molecule has 1 atom stereocenters. The summed E-state index contributed by atoms with van der Waals surface area (Å²) >= 11 is 1.59. The zero-order valence-corrected chi connectivity index (χ0v) is 15.5. The maximum absolute atomic E-state index is 12.3. The molecule has 134 valence electrons. The van der Waals surface area contributed by atoms with Gasteiger partial charge in [-0.15, -0.1) is 11.8 Å². The molecule has 0 aliphatic carbocycles. The lowest BCUT2D eigenvalue weighted by Gasteiger charge is -2.38. The van der Waals surface area contributed by atoms with E-state index in [0.29, 0.717) is 24.7 Å². The molecular formula is C16H27N5O2S. The van der Waals surface area contributed by atoms with Crippen molar-refractivity contribution < 1.29 is 9.59 Å². The lowest BCUT2D eigenvalue weighted by Crippen LogP contribution is -2.54. The highest BCUT2D eigenvalue weighted by Gasteiger charge is 2.34. The summed E-state index contributed by atoms with van der Waals surface area (Å²) in [5.41, 5.74) is -0.370. The van der Waals surface area contributed by atoms with E-state index in [2.05, 4.69) is 6.07 Å². The van der Waals surface area contributed by atoms with Crippen molar-refractivity contribution in [3.05, 3.63) is 0 Å². The van der Waals surface area contributed by atoms with Crippen LogP contribution in [0, 0.1) is 16.7 Å². The second-order valence-electron chi connectivity index (χ2n) is 7.45. The zero-order valence-electron chi connectivity index (χ0n) is 14.7. The number of carbonyl (C=O) groups is 2. The predicted molar refractivity (Wildman–Crippen MR) is 93.5 cm³/mol. The van der Waals surface area contributed by atoms with Crippen molar-refractivity contribution in [2.75, 3.05) is 31.3 Å². The first kappa shape index (κ1) is 19.0. The number of rotatable bonds is 3. The van der Waals surface area contributed by atoms with Gasteiger partial charge in [-0.3, -0.25) is 15.4 Å². The Bertz CT molecular complexity index is 520. The summed E-state index contributed by atoms with van der Waals surface area (Å²) < 4.78 is 0. The molecule has 2 N–H and O–H groups in total. The van der Waals surface area contributed by atoms with Crippen LogP contribution in [0.15, 0.2) is 0 Å². The van der Waals surface area contributed by atoms with Crippen LogP contribution in [-0.2, 0) is 9.59 Å². The molecule has 2 heterocycles. The van der Waals surface area contributed by atoms with Crippen molar-refractivity contribution in [2.24, 2.45) is 11.3 Å². The zero-order chi connectivity index (χ0) is 17.9. The summed E-state index contributed by atoms with van der Waals surface area (Å²) in [7, 11) is 0. The molecule has 7 nitrogen and oxygen atoms in total. The summed E-state index contributed by atoms with van der Waals surface area (Å²) in [6.45, 7) is 7.24. The van der Waals surface area contributed by atoms with Crippen molar-refractivity contribution >= 4 is 23.6 Å². The molecule has 0 radical (unpaired) electrons. The fourth-order valence-corrected chi connectivity index (χ4v) is 4.15. The Morgan fingerprint density at radius 2 is 1.96 bits per heavy atom. The summed E-state index contributed by atoms with van der Waals surface area (Å²) in [6, 6.07) is 1.91. The molecule has 24 heavy (non-hydrogen) atoms. The van der Waals surface area contributed by atoms with Crippen molar-refractivity contribution in [1.82, 2.24) is 14.8 Å². The van der Waals surface area contributed by atoms with E-state index in [4.69, 9.17) is 11.1 Å². The lowest BCUT2D eigenvalue weighted by molar-refractivity contribution is -0.142. The van der Waals surface area contributed by atoms with E-state index < -0.39 is 0 Å². The Hall–Kier alpha value is -1.30. The molecule has 2 saturated heterocycles. The number of nitrogens with zero attached hydrogens (tertiary/aromatic N) is 4. The molecular weight excluding hydrogens is 326 g/mol. The van der Waals surface area contributed by atoms with Crippen LogP contribution in [0.1, 0.15) is 33.6 Å². The molecule has 1 unspecified atom stereocenters. The molecule has 2 rings (SSSR count). The normalized spacial score (nSPS) is 22.8. The van der Waals surface area contributed by atoms with Crippen LogP contribution < -0.4 is 5.84 Å². The average Bonchev–Trinajstić information content (AvgIpc) is 3.02. The molecule has 0 saturated carbocycles. The lowest BCUT2D eigenvalue weighted by atomic mass is 9.93. The first-order chi connectivity index (χ1) is 11.2. The SMILES string of the molecule is CC(C)(C)C(=O)N1CCC(N(N)CC(=O)N2CSCC2C#N)CC1. The Kier molecular flexibility index (Phi) is 6.12.